The molecule has 3 heteroatoms. The van der Waals surface area contributed by atoms with E-state index in [0.717, 1.165) is 18.7 Å². The van der Waals surface area contributed by atoms with Gasteiger partial charge in [0.05, 0.1) is 12.0 Å². The molecule has 0 spiro atoms. The zero-order valence-corrected chi connectivity index (χ0v) is 6.46. The first-order valence-electron chi connectivity index (χ1n) is 3.44. The molecule has 0 aliphatic carbocycles. The van der Waals surface area contributed by atoms with Gasteiger partial charge in [-0.15, -0.1) is 0 Å². The second-order valence-electron chi connectivity index (χ2n) is 2.38. The predicted octanol–water partition coefficient (Wildman–Crippen LogP) is 0.182. The Kier molecular flexibility index (Phi) is 2.45. The van der Waals surface area contributed by atoms with Gasteiger partial charge >= 0.3 is 0 Å². The molecule has 1 N–H and O–H groups in total. The summed E-state index contributed by atoms with van der Waals surface area (Å²) in [7, 11) is 3.93. The van der Waals surface area contributed by atoms with Crippen molar-refractivity contribution >= 4 is 0 Å². The van der Waals surface area contributed by atoms with Crippen molar-refractivity contribution in [3.8, 4) is 0 Å². The maximum absolute atomic E-state index is 4.18. The summed E-state index contributed by atoms with van der Waals surface area (Å²) in [5, 5.41) is 3.08. The molecule has 10 heavy (non-hydrogen) atoms. The van der Waals surface area contributed by atoms with E-state index in [0.29, 0.717) is 0 Å². The normalized spacial score (nSPS) is 10.2. The molecule has 3 nitrogen and oxygen atoms in total. The lowest BCUT2D eigenvalue weighted by molar-refractivity contribution is 0.779. The minimum Gasteiger partial charge on any atom is -0.340 e. The second kappa shape index (κ2) is 3.37. The van der Waals surface area contributed by atoms with Crippen LogP contribution in [0.15, 0.2) is 12.5 Å². The van der Waals surface area contributed by atoms with E-state index in [9.17, 15) is 0 Å². The third kappa shape index (κ3) is 1.84. The minimum atomic E-state index is 0.997. The van der Waals surface area contributed by atoms with Crippen LogP contribution in [0.25, 0.3) is 0 Å². The van der Waals surface area contributed by atoms with E-state index >= 15 is 0 Å². The zero-order valence-electron chi connectivity index (χ0n) is 6.46. The highest BCUT2D eigenvalue weighted by Crippen LogP contribution is 1.93. The molecule has 0 aliphatic heterocycles. The molecule has 0 saturated heterocycles. The molecule has 0 bridgehead atoms. The van der Waals surface area contributed by atoms with Gasteiger partial charge in [0, 0.05) is 26.2 Å². The van der Waals surface area contributed by atoms with Crippen molar-refractivity contribution < 1.29 is 0 Å². The molecule has 0 unspecified atom stereocenters. The summed E-state index contributed by atoms with van der Waals surface area (Å²) in [4.78, 5) is 4.18. The van der Waals surface area contributed by atoms with Crippen LogP contribution in [0.3, 0.4) is 0 Å². The van der Waals surface area contributed by atoms with Gasteiger partial charge in [-0.3, -0.25) is 0 Å². The Bertz CT molecular complexity index is 192. The Morgan fingerprint density at radius 2 is 2.50 bits per heavy atom. The molecule has 0 atom stereocenters. The summed E-state index contributed by atoms with van der Waals surface area (Å²) in [5.41, 5.74) is 1.15. The molecule has 1 aromatic heterocycles. The lowest BCUT2D eigenvalue weighted by Gasteiger charge is -1.92. The van der Waals surface area contributed by atoms with Crippen LogP contribution in [0.5, 0.6) is 0 Å². The van der Waals surface area contributed by atoms with Gasteiger partial charge in [-0.1, -0.05) is 0 Å². The fourth-order valence-electron chi connectivity index (χ4n) is 0.849. The van der Waals surface area contributed by atoms with E-state index in [4.69, 9.17) is 0 Å². The molecule has 1 rings (SSSR count). The van der Waals surface area contributed by atoms with Crippen molar-refractivity contribution in [3.63, 3.8) is 0 Å². The van der Waals surface area contributed by atoms with Crippen molar-refractivity contribution in [1.82, 2.24) is 14.9 Å². The highest BCUT2D eigenvalue weighted by molar-refractivity contribution is 4.96. The van der Waals surface area contributed by atoms with Gasteiger partial charge in [0.1, 0.15) is 0 Å². The molecule has 56 valence electrons. The van der Waals surface area contributed by atoms with Gasteiger partial charge in [-0.2, -0.15) is 0 Å². The minimum absolute atomic E-state index is 0.997. The highest BCUT2D eigenvalue weighted by atomic mass is 15.0. The SMILES string of the molecule is CNCCc1cn(C)cn1. The number of aryl methyl sites for hydroxylation is 1. The molecule has 0 aliphatic rings. The smallest absolute Gasteiger partial charge is 0.0946 e. The van der Waals surface area contributed by atoms with Gasteiger partial charge in [-0.25, -0.2) is 4.98 Å². The molecule has 0 radical (unpaired) electrons. The number of imidazole rings is 1. The maximum Gasteiger partial charge on any atom is 0.0946 e. The Hall–Kier alpha value is -0.830. The number of aromatic nitrogens is 2. The average Bonchev–Trinajstić information content (AvgIpc) is 2.31. The lowest BCUT2D eigenvalue weighted by Crippen LogP contribution is -2.10. The molecule has 0 saturated carbocycles. The van der Waals surface area contributed by atoms with E-state index in [1.807, 2.05) is 31.2 Å². The Balaban J connectivity index is 2.42. The van der Waals surface area contributed by atoms with Gasteiger partial charge in [0.2, 0.25) is 0 Å². The Morgan fingerprint density at radius 1 is 1.70 bits per heavy atom. The largest absolute Gasteiger partial charge is 0.340 e. The van der Waals surface area contributed by atoms with Crippen LogP contribution in [-0.2, 0) is 13.5 Å². The number of nitrogens with zero attached hydrogens (tertiary/aromatic N) is 2. The van der Waals surface area contributed by atoms with Gasteiger partial charge in [0.25, 0.3) is 0 Å². The second-order valence-corrected chi connectivity index (χ2v) is 2.38. The fraction of sp³-hybridized carbons (Fsp3) is 0.571. The van der Waals surface area contributed by atoms with Crippen LogP contribution in [0.1, 0.15) is 5.69 Å². The first kappa shape index (κ1) is 7.28. The van der Waals surface area contributed by atoms with Crippen molar-refractivity contribution in [1.29, 1.82) is 0 Å². The average molecular weight is 139 g/mol. The first-order chi connectivity index (χ1) is 4.83. The summed E-state index contributed by atoms with van der Waals surface area (Å²) in [6.07, 6.45) is 4.87. The van der Waals surface area contributed by atoms with Gasteiger partial charge in [-0.05, 0) is 7.05 Å². The quantitative estimate of drug-likeness (QED) is 0.647. The van der Waals surface area contributed by atoms with E-state index in [1.165, 1.54) is 0 Å². The maximum atomic E-state index is 4.18. The van der Waals surface area contributed by atoms with Gasteiger partial charge in [0.15, 0.2) is 0 Å². The van der Waals surface area contributed by atoms with Crippen LogP contribution in [0, 0.1) is 0 Å². The molecule has 0 amide bonds. The van der Waals surface area contributed by atoms with Crippen molar-refractivity contribution in [3.05, 3.63) is 18.2 Å². The molecule has 0 aromatic carbocycles. The monoisotopic (exact) mass is 139 g/mol. The zero-order chi connectivity index (χ0) is 7.40. The topological polar surface area (TPSA) is 29.9 Å². The highest BCUT2D eigenvalue weighted by Gasteiger charge is 1.93. The summed E-state index contributed by atoms with van der Waals surface area (Å²) in [5.74, 6) is 0. The van der Waals surface area contributed by atoms with Crippen molar-refractivity contribution in [2.45, 2.75) is 6.42 Å². The standard InChI is InChI=1S/C7H13N3/c1-8-4-3-7-5-10(2)6-9-7/h5-6,8H,3-4H2,1-2H3. The van der Waals surface area contributed by atoms with Crippen LogP contribution in [-0.4, -0.2) is 23.1 Å². The summed E-state index contributed by atoms with van der Waals surface area (Å²) in [6.45, 7) is 0.997. The number of nitrogens with one attached hydrogen (secondary N) is 1. The number of hydrogen-bond donors (Lipinski definition) is 1. The summed E-state index contributed by atoms with van der Waals surface area (Å²) < 4.78 is 1.96. The summed E-state index contributed by atoms with van der Waals surface area (Å²) in [6, 6.07) is 0. The van der Waals surface area contributed by atoms with E-state index in [1.54, 1.807) is 0 Å². The summed E-state index contributed by atoms with van der Waals surface area (Å²) >= 11 is 0. The predicted molar refractivity (Wildman–Crippen MR) is 40.8 cm³/mol. The molecule has 1 aromatic rings. The van der Waals surface area contributed by atoms with Crippen LogP contribution in [0.4, 0.5) is 0 Å². The number of hydrogen-bond acceptors (Lipinski definition) is 2. The number of likely N-dealkylation sites (N-methyl/N-ethyl adjacent to an activating group) is 1. The molecule has 1 heterocycles. The first-order valence-corrected chi connectivity index (χ1v) is 3.44. The van der Waals surface area contributed by atoms with Crippen LogP contribution >= 0.6 is 0 Å². The van der Waals surface area contributed by atoms with Crippen LogP contribution in [0.2, 0.25) is 0 Å². The molecular weight excluding hydrogens is 126 g/mol. The molecule has 0 fully saturated rings. The fourth-order valence-corrected chi connectivity index (χ4v) is 0.849. The van der Waals surface area contributed by atoms with Gasteiger partial charge < -0.3 is 9.88 Å². The molecular formula is C7H13N3. The number of rotatable bonds is 3. The van der Waals surface area contributed by atoms with Crippen LogP contribution < -0.4 is 5.32 Å². The third-order valence-corrected chi connectivity index (χ3v) is 1.39. The van der Waals surface area contributed by atoms with Crippen molar-refractivity contribution in [2.24, 2.45) is 7.05 Å². The Labute approximate surface area is 61.1 Å². The lowest BCUT2D eigenvalue weighted by atomic mass is 10.3. The van der Waals surface area contributed by atoms with E-state index < -0.39 is 0 Å². The van der Waals surface area contributed by atoms with E-state index in [2.05, 4.69) is 10.3 Å². The van der Waals surface area contributed by atoms with Crippen molar-refractivity contribution in [2.75, 3.05) is 13.6 Å². The Morgan fingerprint density at radius 3 is 3.00 bits per heavy atom. The van der Waals surface area contributed by atoms with E-state index in [-0.39, 0.29) is 0 Å². The third-order valence-electron chi connectivity index (χ3n) is 1.39.